The molecule has 0 spiro atoms. The molecular weight excluding hydrogens is 211 g/mol. The minimum atomic E-state index is 0. The summed E-state index contributed by atoms with van der Waals surface area (Å²) in [5, 5.41) is 0. The van der Waals surface area contributed by atoms with E-state index in [1.807, 2.05) is 24.3 Å². The first-order valence-corrected chi connectivity index (χ1v) is 2.99. The Hall–Kier alpha value is -0.780. The number of hydrogen-bond acceptors (Lipinski definition) is 1. The van der Waals surface area contributed by atoms with E-state index in [2.05, 4.69) is 19.6 Å². The summed E-state index contributed by atoms with van der Waals surface area (Å²) in [7, 11) is 0. The van der Waals surface area contributed by atoms with Crippen LogP contribution in [0.1, 0.15) is 5.56 Å². The maximum absolute atomic E-state index is 4.13. The predicted octanol–water partition coefficient (Wildman–Crippen LogP) is 3.05. The highest BCUT2D eigenvalue weighted by Gasteiger charge is 1.80. The van der Waals surface area contributed by atoms with Crippen molar-refractivity contribution in [3.63, 3.8) is 0 Å². The van der Waals surface area contributed by atoms with E-state index >= 15 is 0 Å². The van der Waals surface area contributed by atoms with Gasteiger partial charge in [0.2, 0.25) is 0 Å². The molecule has 0 unspecified atom stereocenters. The molecule has 13 heavy (non-hydrogen) atoms. The molecule has 6 heteroatoms. The molecule has 82 valence electrons. The lowest BCUT2D eigenvalue weighted by Crippen LogP contribution is -1.67. The topological polar surface area (TPSA) is 0 Å². The van der Waals surface area contributed by atoms with Crippen molar-refractivity contribution >= 4 is 12.6 Å². The van der Waals surface area contributed by atoms with Crippen LogP contribution in [0.5, 0.6) is 0 Å². The van der Waals surface area contributed by atoms with Crippen LogP contribution in [0.4, 0.5) is 23.5 Å². The zero-order chi connectivity index (χ0) is 5.98. The van der Waals surface area contributed by atoms with Gasteiger partial charge in [0.25, 0.3) is 0 Å². The fourth-order valence-corrected chi connectivity index (χ4v) is 0.694. The van der Waals surface area contributed by atoms with Gasteiger partial charge in [0.05, 0.1) is 0 Å². The molecule has 1 aromatic rings. The maximum Gasteiger partial charge on any atom is 0.00401 e. The molecule has 0 nitrogen and oxygen atoms in total. The lowest BCUT2D eigenvalue weighted by Gasteiger charge is -1.89. The third-order valence-electron chi connectivity index (χ3n) is 1.03. The number of thiol groups is 1. The molecule has 0 saturated heterocycles. The molecule has 1 rings (SSSR count). The maximum atomic E-state index is 4.13. The Kier molecular flexibility index (Phi) is 31.3. The molecule has 0 heterocycles. The molecular formula is C7H13F5S. The largest absolute Gasteiger partial charge is 0.269 e. The van der Waals surface area contributed by atoms with Crippen molar-refractivity contribution in [1.82, 2.24) is 0 Å². The van der Waals surface area contributed by atoms with Crippen molar-refractivity contribution in [2.45, 2.75) is 11.8 Å². The van der Waals surface area contributed by atoms with Gasteiger partial charge in [-0.25, -0.2) is 0 Å². The lowest BCUT2D eigenvalue weighted by atomic mass is 10.2. The molecule has 0 fully saturated rings. The molecule has 0 atom stereocenters. The van der Waals surface area contributed by atoms with Gasteiger partial charge in [0, 0.05) is 4.90 Å². The number of hydrogen-bond donors (Lipinski definition) is 1. The summed E-state index contributed by atoms with van der Waals surface area (Å²) in [6, 6.07) is 8.06. The second-order valence-corrected chi connectivity index (χ2v) is 2.35. The van der Waals surface area contributed by atoms with Crippen LogP contribution in [0.3, 0.4) is 0 Å². The second-order valence-electron chi connectivity index (χ2n) is 1.84. The molecule has 0 amide bonds. The van der Waals surface area contributed by atoms with Gasteiger partial charge in [0.15, 0.2) is 0 Å². The molecule has 0 aliphatic carbocycles. The third kappa shape index (κ3) is 11.2. The summed E-state index contributed by atoms with van der Waals surface area (Å²) < 4.78 is 0. The highest BCUT2D eigenvalue weighted by Crippen LogP contribution is 2.05. The molecule has 0 saturated carbocycles. The van der Waals surface area contributed by atoms with Gasteiger partial charge in [0.1, 0.15) is 0 Å². The van der Waals surface area contributed by atoms with Crippen LogP contribution in [0.15, 0.2) is 29.2 Å². The van der Waals surface area contributed by atoms with Crippen LogP contribution in [0, 0.1) is 6.92 Å². The summed E-state index contributed by atoms with van der Waals surface area (Å²) in [6.45, 7) is 2.06. The number of benzene rings is 1. The van der Waals surface area contributed by atoms with E-state index < -0.39 is 0 Å². The van der Waals surface area contributed by atoms with Crippen LogP contribution in [-0.2, 0) is 0 Å². The van der Waals surface area contributed by atoms with Crippen molar-refractivity contribution in [1.29, 1.82) is 0 Å². The predicted molar refractivity (Wildman–Crippen MR) is 50.9 cm³/mol. The first kappa shape index (κ1) is 29.5. The lowest BCUT2D eigenvalue weighted by molar-refractivity contribution is 1.11. The van der Waals surface area contributed by atoms with Gasteiger partial charge in [-0.1, -0.05) is 17.7 Å². The summed E-state index contributed by atoms with van der Waals surface area (Å²) in [4.78, 5) is 1.02. The highest BCUT2D eigenvalue weighted by molar-refractivity contribution is 7.80. The summed E-state index contributed by atoms with van der Waals surface area (Å²) in [5.41, 5.74) is 1.28. The third-order valence-corrected chi connectivity index (χ3v) is 1.33. The van der Waals surface area contributed by atoms with Gasteiger partial charge in [-0.15, -0.1) is 12.6 Å². The summed E-state index contributed by atoms with van der Waals surface area (Å²) >= 11 is 4.13. The smallest absolute Gasteiger partial charge is 0.00401 e. The van der Waals surface area contributed by atoms with Gasteiger partial charge in [-0.2, -0.15) is 0 Å². The van der Waals surface area contributed by atoms with E-state index in [1.54, 1.807) is 0 Å². The molecule has 0 aliphatic heterocycles. The Bertz CT molecular complexity index is 156. The Balaban J connectivity index is -0.0000000427. The average molecular weight is 224 g/mol. The quantitative estimate of drug-likeness (QED) is 0.508. The average Bonchev–Trinajstić information content (AvgIpc) is 1.77. The van der Waals surface area contributed by atoms with Gasteiger partial charge >= 0.3 is 0 Å². The van der Waals surface area contributed by atoms with Crippen molar-refractivity contribution in [3.05, 3.63) is 29.8 Å². The fraction of sp³-hybridized carbons (Fsp3) is 0.143. The Morgan fingerprint density at radius 1 is 0.769 bits per heavy atom. The number of halogens is 5. The fourth-order valence-electron chi connectivity index (χ4n) is 0.545. The molecule has 0 radical (unpaired) electrons. The van der Waals surface area contributed by atoms with Crippen molar-refractivity contribution < 1.29 is 23.5 Å². The van der Waals surface area contributed by atoms with Crippen LogP contribution < -0.4 is 0 Å². The second kappa shape index (κ2) is 13.8. The number of rotatable bonds is 0. The Morgan fingerprint density at radius 2 is 1.08 bits per heavy atom. The van der Waals surface area contributed by atoms with Crippen molar-refractivity contribution in [2.75, 3.05) is 0 Å². The number of aryl methyl sites for hydroxylation is 1. The zero-order valence-electron chi connectivity index (χ0n) is 6.80. The minimum Gasteiger partial charge on any atom is -0.269 e. The van der Waals surface area contributed by atoms with Gasteiger partial charge in [-0.05, 0) is 19.1 Å². The van der Waals surface area contributed by atoms with Gasteiger partial charge in [-0.3, -0.25) is 23.5 Å². The Labute approximate surface area is 78.6 Å². The molecule has 0 aromatic heterocycles. The molecule has 0 bridgehead atoms. The van der Waals surface area contributed by atoms with Crippen LogP contribution in [0.2, 0.25) is 0 Å². The van der Waals surface area contributed by atoms with Crippen LogP contribution >= 0.6 is 12.6 Å². The van der Waals surface area contributed by atoms with Crippen LogP contribution in [-0.4, -0.2) is 0 Å². The van der Waals surface area contributed by atoms with E-state index in [-0.39, 0.29) is 23.5 Å². The van der Waals surface area contributed by atoms with E-state index in [0.717, 1.165) is 4.90 Å². The minimum absolute atomic E-state index is 0. The van der Waals surface area contributed by atoms with Crippen molar-refractivity contribution in [2.24, 2.45) is 0 Å². The SMILES string of the molecule is Cc1ccc(S)cc1.F.F.F.F.F. The molecule has 0 aliphatic rings. The Morgan fingerprint density at radius 3 is 1.31 bits per heavy atom. The highest BCUT2D eigenvalue weighted by atomic mass is 32.1. The molecule has 1 aromatic carbocycles. The summed E-state index contributed by atoms with van der Waals surface area (Å²) in [5.74, 6) is 0. The van der Waals surface area contributed by atoms with E-state index in [4.69, 9.17) is 0 Å². The van der Waals surface area contributed by atoms with E-state index in [1.165, 1.54) is 5.56 Å². The first-order valence-electron chi connectivity index (χ1n) is 2.54. The monoisotopic (exact) mass is 224 g/mol. The van der Waals surface area contributed by atoms with Crippen LogP contribution in [0.25, 0.3) is 0 Å². The first-order chi connectivity index (χ1) is 3.79. The van der Waals surface area contributed by atoms with Gasteiger partial charge < -0.3 is 0 Å². The van der Waals surface area contributed by atoms with E-state index in [9.17, 15) is 0 Å². The standard InChI is InChI=1S/C7H8S.5FH/c1-6-2-4-7(8)5-3-6;;;;;/h2-5,8H,1H3;5*1H. The normalized spacial score (nSPS) is 5.69. The van der Waals surface area contributed by atoms with Crippen molar-refractivity contribution in [3.8, 4) is 0 Å². The van der Waals surface area contributed by atoms with E-state index in [0.29, 0.717) is 0 Å². The zero-order valence-corrected chi connectivity index (χ0v) is 7.69. The molecule has 0 N–H and O–H groups in total. The summed E-state index contributed by atoms with van der Waals surface area (Å²) in [6.07, 6.45) is 0.